The van der Waals surface area contributed by atoms with Gasteiger partial charge >= 0.3 is 0 Å². The van der Waals surface area contributed by atoms with Crippen LogP contribution in [0.2, 0.25) is 0 Å². The first-order valence-corrected chi connectivity index (χ1v) is 6.95. The highest BCUT2D eigenvalue weighted by Gasteiger charge is 2.17. The molecule has 0 fully saturated rings. The molecule has 1 aliphatic heterocycles. The molecule has 4 nitrogen and oxygen atoms in total. The van der Waals surface area contributed by atoms with Crippen LogP contribution >= 0.6 is 0 Å². The number of ether oxygens (including phenoxy) is 2. The minimum Gasteiger partial charge on any atom is -0.454 e. The molecule has 0 aromatic heterocycles. The van der Waals surface area contributed by atoms with Gasteiger partial charge in [-0.15, -0.1) is 0 Å². The second-order valence-corrected chi connectivity index (χ2v) is 5.31. The number of aryl methyl sites for hydroxylation is 1. The summed E-state index contributed by atoms with van der Waals surface area (Å²) in [5.41, 5.74) is 2.06. The van der Waals surface area contributed by atoms with Gasteiger partial charge in [0.2, 0.25) is 6.79 Å². The summed E-state index contributed by atoms with van der Waals surface area (Å²) < 4.78 is 23.9. The van der Waals surface area contributed by atoms with Gasteiger partial charge in [-0.05, 0) is 42.3 Å². The molecule has 0 spiro atoms. The van der Waals surface area contributed by atoms with Crippen LogP contribution < -0.4 is 9.47 Å². The van der Waals surface area contributed by atoms with Crippen LogP contribution in [-0.4, -0.2) is 24.6 Å². The van der Waals surface area contributed by atoms with E-state index in [1.54, 1.807) is 24.9 Å². The molecular formula is C17H16FNO3. The molecule has 0 radical (unpaired) electrons. The Bertz CT molecular complexity index is 730. The summed E-state index contributed by atoms with van der Waals surface area (Å²) >= 11 is 0. The van der Waals surface area contributed by atoms with Gasteiger partial charge in [-0.25, -0.2) is 4.39 Å². The zero-order valence-electron chi connectivity index (χ0n) is 12.4. The van der Waals surface area contributed by atoms with Crippen molar-refractivity contribution in [2.24, 2.45) is 0 Å². The molecule has 0 bridgehead atoms. The van der Waals surface area contributed by atoms with Crippen molar-refractivity contribution in [2.45, 2.75) is 13.5 Å². The predicted molar refractivity (Wildman–Crippen MR) is 79.5 cm³/mol. The molecule has 1 aliphatic rings. The highest BCUT2D eigenvalue weighted by atomic mass is 19.1. The summed E-state index contributed by atoms with van der Waals surface area (Å²) in [6.45, 7) is 2.42. The van der Waals surface area contributed by atoms with Crippen LogP contribution in [0.4, 0.5) is 4.39 Å². The number of hydrogen-bond donors (Lipinski definition) is 0. The van der Waals surface area contributed by atoms with Crippen molar-refractivity contribution in [3.8, 4) is 11.5 Å². The Labute approximate surface area is 128 Å². The van der Waals surface area contributed by atoms with Gasteiger partial charge in [0.15, 0.2) is 11.5 Å². The van der Waals surface area contributed by atoms with Crippen LogP contribution in [0.5, 0.6) is 11.5 Å². The van der Waals surface area contributed by atoms with E-state index >= 15 is 0 Å². The van der Waals surface area contributed by atoms with Crippen LogP contribution in [0.15, 0.2) is 36.4 Å². The average molecular weight is 301 g/mol. The number of amides is 1. The van der Waals surface area contributed by atoms with Gasteiger partial charge in [0, 0.05) is 19.2 Å². The van der Waals surface area contributed by atoms with Gasteiger partial charge < -0.3 is 14.4 Å². The third kappa shape index (κ3) is 2.74. The average Bonchev–Trinajstić information content (AvgIpc) is 2.96. The molecule has 3 rings (SSSR count). The Morgan fingerprint density at radius 1 is 1.18 bits per heavy atom. The van der Waals surface area contributed by atoms with E-state index in [1.807, 2.05) is 18.2 Å². The molecule has 2 aromatic rings. The van der Waals surface area contributed by atoms with Crippen molar-refractivity contribution in [3.05, 3.63) is 58.9 Å². The molecule has 0 N–H and O–H groups in total. The summed E-state index contributed by atoms with van der Waals surface area (Å²) in [7, 11) is 1.69. The lowest BCUT2D eigenvalue weighted by Gasteiger charge is -2.18. The molecule has 114 valence electrons. The topological polar surface area (TPSA) is 38.8 Å². The molecule has 2 aromatic carbocycles. The van der Waals surface area contributed by atoms with E-state index in [9.17, 15) is 9.18 Å². The van der Waals surface area contributed by atoms with Crippen molar-refractivity contribution in [2.75, 3.05) is 13.8 Å². The number of carbonyl (C=O) groups excluding carboxylic acids is 1. The maximum atomic E-state index is 13.3. The highest BCUT2D eigenvalue weighted by Crippen LogP contribution is 2.32. The van der Waals surface area contributed by atoms with E-state index in [-0.39, 0.29) is 12.7 Å². The minimum absolute atomic E-state index is 0.213. The van der Waals surface area contributed by atoms with E-state index in [0.717, 1.165) is 11.1 Å². The number of carbonyl (C=O) groups is 1. The third-order valence-corrected chi connectivity index (χ3v) is 3.63. The van der Waals surface area contributed by atoms with Gasteiger partial charge in [0.25, 0.3) is 5.91 Å². The first-order chi connectivity index (χ1) is 10.5. The number of benzene rings is 2. The second kappa shape index (κ2) is 5.67. The first kappa shape index (κ1) is 14.4. The quantitative estimate of drug-likeness (QED) is 0.874. The SMILES string of the molecule is Cc1ccc(F)cc1C(=O)N(C)Cc1ccc2c(c1)OCO2. The Hall–Kier alpha value is -2.56. The van der Waals surface area contributed by atoms with Crippen LogP contribution in [0, 0.1) is 12.7 Å². The Kier molecular flexibility index (Phi) is 3.71. The Morgan fingerprint density at radius 3 is 2.77 bits per heavy atom. The van der Waals surface area contributed by atoms with E-state index in [2.05, 4.69) is 0 Å². The summed E-state index contributed by atoms with van der Waals surface area (Å²) in [4.78, 5) is 14.0. The molecule has 0 saturated heterocycles. The Balaban J connectivity index is 1.77. The van der Waals surface area contributed by atoms with Crippen LogP contribution in [-0.2, 0) is 6.54 Å². The monoisotopic (exact) mass is 301 g/mol. The number of halogens is 1. The van der Waals surface area contributed by atoms with Crippen molar-refractivity contribution in [3.63, 3.8) is 0 Å². The molecule has 22 heavy (non-hydrogen) atoms. The molecular weight excluding hydrogens is 285 g/mol. The molecule has 1 amide bonds. The third-order valence-electron chi connectivity index (χ3n) is 3.63. The molecule has 0 saturated carbocycles. The van der Waals surface area contributed by atoms with Crippen molar-refractivity contribution < 1.29 is 18.7 Å². The van der Waals surface area contributed by atoms with E-state index in [0.29, 0.717) is 23.6 Å². The molecule has 0 aliphatic carbocycles. The second-order valence-electron chi connectivity index (χ2n) is 5.31. The predicted octanol–water partition coefficient (Wildman–Crippen LogP) is 3.14. The van der Waals surface area contributed by atoms with Gasteiger partial charge in [-0.2, -0.15) is 0 Å². The maximum absolute atomic E-state index is 13.3. The largest absolute Gasteiger partial charge is 0.454 e. The number of hydrogen-bond acceptors (Lipinski definition) is 3. The number of nitrogens with zero attached hydrogens (tertiary/aromatic N) is 1. The lowest BCUT2D eigenvalue weighted by Crippen LogP contribution is -2.27. The molecule has 1 heterocycles. The summed E-state index contributed by atoms with van der Waals surface area (Å²) in [5, 5.41) is 0. The smallest absolute Gasteiger partial charge is 0.254 e. The normalized spacial score (nSPS) is 12.3. The molecule has 0 atom stereocenters. The first-order valence-electron chi connectivity index (χ1n) is 6.95. The van der Waals surface area contributed by atoms with E-state index in [1.165, 1.54) is 12.1 Å². The molecule has 5 heteroatoms. The van der Waals surface area contributed by atoms with Crippen LogP contribution in [0.25, 0.3) is 0 Å². The summed E-state index contributed by atoms with van der Waals surface area (Å²) in [6, 6.07) is 9.79. The number of fused-ring (bicyclic) bond motifs is 1. The highest BCUT2D eigenvalue weighted by molar-refractivity contribution is 5.95. The zero-order chi connectivity index (χ0) is 15.7. The fourth-order valence-corrected chi connectivity index (χ4v) is 2.42. The standard InChI is InChI=1S/C17H16FNO3/c1-11-3-5-13(18)8-14(11)17(20)19(2)9-12-4-6-15-16(7-12)22-10-21-15/h3-8H,9-10H2,1-2H3. The van der Waals surface area contributed by atoms with E-state index < -0.39 is 5.82 Å². The summed E-state index contributed by atoms with van der Waals surface area (Å²) in [5.74, 6) is 0.763. The Morgan fingerprint density at radius 2 is 1.95 bits per heavy atom. The van der Waals surface area contributed by atoms with Crippen molar-refractivity contribution >= 4 is 5.91 Å². The molecule has 0 unspecified atom stereocenters. The number of rotatable bonds is 3. The van der Waals surface area contributed by atoms with Gasteiger partial charge in [0.1, 0.15) is 5.82 Å². The summed E-state index contributed by atoms with van der Waals surface area (Å²) in [6.07, 6.45) is 0. The zero-order valence-corrected chi connectivity index (χ0v) is 12.4. The lowest BCUT2D eigenvalue weighted by atomic mass is 10.1. The fourth-order valence-electron chi connectivity index (χ4n) is 2.42. The lowest BCUT2D eigenvalue weighted by molar-refractivity contribution is 0.0783. The van der Waals surface area contributed by atoms with Crippen molar-refractivity contribution in [1.29, 1.82) is 0 Å². The van der Waals surface area contributed by atoms with E-state index in [4.69, 9.17) is 9.47 Å². The van der Waals surface area contributed by atoms with Gasteiger partial charge in [0.05, 0.1) is 0 Å². The minimum atomic E-state index is -0.412. The fraction of sp³-hybridized carbons (Fsp3) is 0.235. The van der Waals surface area contributed by atoms with Crippen LogP contribution in [0.1, 0.15) is 21.5 Å². The van der Waals surface area contributed by atoms with Crippen molar-refractivity contribution in [1.82, 2.24) is 4.90 Å². The van der Waals surface area contributed by atoms with Gasteiger partial charge in [-0.3, -0.25) is 4.79 Å². The maximum Gasteiger partial charge on any atom is 0.254 e. The van der Waals surface area contributed by atoms with Crippen LogP contribution in [0.3, 0.4) is 0 Å². The van der Waals surface area contributed by atoms with Gasteiger partial charge in [-0.1, -0.05) is 12.1 Å².